The lowest BCUT2D eigenvalue weighted by atomic mass is 10.1. The van der Waals surface area contributed by atoms with E-state index in [4.69, 9.17) is 13.9 Å². The zero-order valence-corrected chi connectivity index (χ0v) is 30.1. The molecule has 4 amide bonds. The summed E-state index contributed by atoms with van der Waals surface area (Å²) in [5, 5.41) is 16.3. The normalized spacial score (nSPS) is 19.4. The number of carbonyl (C=O) groups is 4. The molecule has 3 aromatic carbocycles. The van der Waals surface area contributed by atoms with Crippen molar-refractivity contribution < 1.29 is 38.2 Å². The SMILES string of the molecule is CCN(C(=O)/C=C/c1ccccc1)[C@H]1C[C@H]2C(=O)NCc3nc(oc3C)-c3ccc(c(OC)c3)Oc3cc(ccc3O)CCC(=O)N[C@H](C)C(=O)N2C1. The number of methoxy groups -OCH3 is 1. The largest absolute Gasteiger partial charge is 0.504 e. The van der Waals surface area contributed by atoms with Crippen LogP contribution >= 0.6 is 0 Å². The van der Waals surface area contributed by atoms with Crippen LogP contribution in [-0.4, -0.2) is 81.8 Å². The lowest BCUT2D eigenvalue weighted by Gasteiger charge is -2.28. The summed E-state index contributed by atoms with van der Waals surface area (Å²) in [6, 6.07) is 17.1. The maximum Gasteiger partial charge on any atom is 0.246 e. The Kier molecular flexibility index (Phi) is 11.1. The van der Waals surface area contributed by atoms with Crippen LogP contribution in [0, 0.1) is 6.92 Å². The molecule has 3 atom stereocenters. The predicted octanol–water partition coefficient (Wildman–Crippen LogP) is 4.76. The number of nitrogens with one attached hydrogen (secondary N) is 2. The van der Waals surface area contributed by atoms with E-state index < -0.39 is 29.9 Å². The average molecular weight is 722 g/mol. The molecule has 1 saturated heterocycles. The van der Waals surface area contributed by atoms with Crippen molar-refractivity contribution in [3.63, 3.8) is 0 Å². The third-order valence-electron chi connectivity index (χ3n) is 9.51. The first-order valence-corrected chi connectivity index (χ1v) is 17.6. The van der Waals surface area contributed by atoms with Crippen molar-refractivity contribution in [3.8, 4) is 34.5 Å². The smallest absolute Gasteiger partial charge is 0.246 e. The van der Waals surface area contributed by atoms with Crippen molar-refractivity contribution in [1.29, 1.82) is 0 Å². The molecule has 0 radical (unpaired) electrons. The van der Waals surface area contributed by atoms with E-state index in [1.807, 2.05) is 37.3 Å². The van der Waals surface area contributed by atoms with Crippen LogP contribution in [0.4, 0.5) is 0 Å². The fourth-order valence-electron chi connectivity index (χ4n) is 6.64. The van der Waals surface area contributed by atoms with E-state index >= 15 is 0 Å². The van der Waals surface area contributed by atoms with Crippen molar-refractivity contribution in [2.75, 3.05) is 20.2 Å². The maximum atomic E-state index is 14.0. The first kappa shape index (κ1) is 36.7. The molecule has 0 saturated carbocycles. The molecule has 1 aromatic heterocycles. The Labute approximate surface area is 307 Å². The van der Waals surface area contributed by atoms with E-state index in [0.717, 1.165) is 11.1 Å². The Balaban J connectivity index is 1.30. The second kappa shape index (κ2) is 16.1. The second-order valence-electron chi connectivity index (χ2n) is 13.1. The van der Waals surface area contributed by atoms with Crippen LogP contribution in [0.15, 0.2) is 77.2 Å². The topological polar surface area (TPSA) is 164 Å². The number of aromatic nitrogens is 1. The number of hydrogen-bond donors (Lipinski definition) is 3. The van der Waals surface area contributed by atoms with Crippen molar-refractivity contribution in [2.24, 2.45) is 0 Å². The number of likely N-dealkylation sites (N-methyl/N-ethyl adjacent to an activating group) is 1. The van der Waals surface area contributed by atoms with Gasteiger partial charge in [-0.25, -0.2) is 4.98 Å². The summed E-state index contributed by atoms with van der Waals surface area (Å²) >= 11 is 0. The second-order valence-corrected chi connectivity index (χ2v) is 13.1. The summed E-state index contributed by atoms with van der Waals surface area (Å²) in [6.07, 6.45) is 3.79. The van der Waals surface area contributed by atoms with Crippen molar-refractivity contribution in [3.05, 3.63) is 95.4 Å². The molecule has 1 fully saturated rings. The lowest BCUT2D eigenvalue weighted by Crippen LogP contribution is -2.52. The highest BCUT2D eigenvalue weighted by molar-refractivity contribution is 5.94. The van der Waals surface area contributed by atoms with Gasteiger partial charge in [-0.05, 0) is 81.1 Å². The molecule has 276 valence electrons. The molecule has 3 aliphatic rings. The molecule has 0 aliphatic carbocycles. The molecule has 0 unspecified atom stereocenters. The average Bonchev–Trinajstić information content (AvgIpc) is 3.77. The van der Waals surface area contributed by atoms with Gasteiger partial charge < -0.3 is 39.4 Å². The minimum absolute atomic E-state index is 0.0217. The number of benzene rings is 3. The summed E-state index contributed by atoms with van der Waals surface area (Å²) in [6.45, 7) is 5.67. The van der Waals surface area contributed by atoms with Gasteiger partial charge in [0.1, 0.15) is 23.5 Å². The van der Waals surface area contributed by atoms with E-state index in [0.29, 0.717) is 47.4 Å². The van der Waals surface area contributed by atoms with Gasteiger partial charge in [-0.3, -0.25) is 19.2 Å². The van der Waals surface area contributed by atoms with Gasteiger partial charge in [0, 0.05) is 31.1 Å². The number of phenolic OH excluding ortho intramolecular Hbond substituents is 1. The zero-order valence-electron chi connectivity index (χ0n) is 30.1. The van der Waals surface area contributed by atoms with E-state index in [-0.39, 0.29) is 49.2 Å². The summed E-state index contributed by atoms with van der Waals surface area (Å²) in [5.74, 6) is 0.100. The van der Waals surface area contributed by atoms with Crippen LogP contribution in [0.25, 0.3) is 17.5 Å². The number of hydrogen-bond acceptors (Lipinski definition) is 9. The number of amides is 4. The fourth-order valence-corrected chi connectivity index (χ4v) is 6.64. The molecule has 13 heteroatoms. The molecule has 4 heterocycles. The number of nitrogens with zero attached hydrogens (tertiary/aromatic N) is 3. The van der Waals surface area contributed by atoms with Gasteiger partial charge in [0.2, 0.25) is 29.5 Å². The Bertz CT molecular complexity index is 2030. The number of aromatic hydroxyl groups is 1. The number of phenols is 1. The highest BCUT2D eigenvalue weighted by atomic mass is 16.5. The van der Waals surface area contributed by atoms with Crippen LogP contribution in [0.1, 0.15) is 49.3 Å². The van der Waals surface area contributed by atoms with Gasteiger partial charge in [-0.15, -0.1) is 0 Å². The van der Waals surface area contributed by atoms with Crippen molar-refractivity contribution in [2.45, 2.75) is 64.7 Å². The monoisotopic (exact) mass is 721 g/mol. The predicted molar refractivity (Wildman–Crippen MR) is 196 cm³/mol. The molecule has 4 aromatic rings. The number of carbonyl (C=O) groups excluding carboxylic acids is 4. The summed E-state index contributed by atoms with van der Waals surface area (Å²) in [7, 11) is 1.49. The summed E-state index contributed by atoms with van der Waals surface area (Å²) in [4.78, 5) is 62.2. The van der Waals surface area contributed by atoms with Gasteiger partial charge in [0.05, 0.1) is 19.7 Å². The minimum Gasteiger partial charge on any atom is -0.504 e. The number of ether oxygens (including phenoxy) is 2. The first-order valence-electron chi connectivity index (χ1n) is 17.6. The third-order valence-corrected chi connectivity index (χ3v) is 9.51. The Morgan fingerprint density at radius 3 is 2.62 bits per heavy atom. The van der Waals surface area contributed by atoms with Crippen LogP contribution in [0.5, 0.6) is 23.0 Å². The summed E-state index contributed by atoms with van der Waals surface area (Å²) in [5.41, 5.74) is 2.67. The number of fused-ring (bicyclic) bond motifs is 9. The molecular weight excluding hydrogens is 678 g/mol. The van der Waals surface area contributed by atoms with Crippen LogP contribution in [-0.2, 0) is 32.1 Å². The number of oxazole rings is 1. The molecule has 13 nitrogen and oxygen atoms in total. The maximum absolute atomic E-state index is 14.0. The molecule has 3 N–H and O–H groups in total. The van der Waals surface area contributed by atoms with Gasteiger partial charge in [0.15, 0.2) is 23.0 Å². The van der Waals surface area contributed by atoms with Gasteiger partial charge in [0.25, 0.3) is 0 Å². The van der Waals surface area contributed by atoms with Crippen molar-refractivity contribution >= 4 is 29.7 Å². The lowest BCUT2D eigenvalue weighted by molar-refractivity contribution is -0.141. The van der Waals surface area contributed by atoms with Crippen molar-refractivity contribution in [1.82, 2.24) is 25.4 Å². The fraction of sp³-hybridized carbons (Fsp3) is 0.325. The van der Waals surface area contributed by atoms with E-state index in [1.165, 1.54) is 24.2 Å². The molecule has 3 aliphatic heterocycles. The van der Waals surface area contributed by atoms with Gasteiger partial charge in [-0.1, -0.05) is 36.4 Å². The number of rotatable bonds is 5. The number of aryl methyl sites for hydroxylation is 2. The quantitative estimate of drug-likeness (QED) is 0.247. The molecule has 53 heavy (non-hydrogen) atoms. The molecule has 7 rings (SSSR count). The van der Waals surface area contributed by atoms with Gasteiger partial charge in [-0.2, -0.15) is 0 Å². The molecular formula is C40H43N5O8. The molecule has 0 spiro atoms. The standard InChI is InChI=1S/C40H43N5O8/c1-5-44(37(48)18-13-26-9-7-6-8-10-26)29-21-31-38(49)41-22-30-25(3)52-39(43-30)28-14-16-33(35(20-28)51-4)53-34-19-27(11-15-32(34)46)12-17-36(47)42-24(2)40(50)45(31)23-29/h6-11,13-16,18-20,24,29,31,46H,5,12,17,21-23H2,1-4H3,(H,41,49)(H,42,47)/b18-13+/t24-,29+,31+/m1/s1. The van der Waals surface area contributed by atoms with Crippen LogP contribution in [0.2, 0.25) is 0 Å². The van der Waals surface area contributed by atoms with E-state index in [9.17, 15) is 24.3 Å². The van der Waals surface area contributed by atoms with E-state index in [2.05, 4.69) is 15.6 Å². The Hall–Kier alpha value is -6.11. The first-order chi connectivity index (χ1) is 25.5. The zero-order chi connectivity index (χ0) is 37.6. The highest BCUT2D eigenvalue weighted by Crippen LogP contribution is 2.39. The van der Waals surface area contributed by atoms with Crippen LogP contribution in [0.3, 0.4) is 0 Å². The minimum atomic E-state index is -0.952. The Morgan fingerprint density at radius 1 is 1.08 bits per heavy atom. The van der Waals surface area contributed by atoms with Crippen LogP contribution < -0.4 is 20.1 Å². The molecule has 6 bridgehead atoms. The highest BCUT2D eigenvalue weighted by Gasteiger charge is 2.43. The van der Waals surface area contributed by atoms with Gasteiger partial charge >= 0.3 is 0 Å². The summed E-state index contributed by atoms with van der Waals surface area (Å²) < 4.78 is 17.6. The third kappa shape index (κ3) is 8.35. The Morgan fingerprint density at radius 2 is 1.87 bits per heavy atom. The van der Waals surface area contributed by atoms with E-state index in [1.54, 1.807) is 55.2 Å².